The van der Waals surface area contributed by atoms with Gasteiger partial charge >= 0.3 is 11.8 Å². The Labute approximate surface area is 123 Å². The second kappa shape index (κ2) is 4.15. The summed E-state index contributed by atoms with van der Waals surface area (Å²) in [6, 6.07) is 0. The van der Waals surface area contributed by atoms with E-state index in [4.69, 9.17) is 0 Å². The van der Waals surface area contributed by atoms with E-state index in [1.807, 2.05) is 0 Å². The van der Waals surface area contributed by atoms with E-state index in [0.29, 0.717) is 38.7 Å². The van der Waals surface area contributed by atoms with Crippen LogP contribution in [0.3, 0.4) is 0 Å². The SMILES string of the molecule is Sc1ncnc2c1NC(n1cnc3c(S)ncnc31)=[N+]2. The van der Waals surface area contributed by atoms with Crippen LogP contribution >= 0.6 is 25.3 Å². The largest absolute Gasteiger partial charge is 0.360 e. The molecule has 3 aromatic heterocycles. The number of nitrogens with zero attached hydrogens (tertiary/aromatic N) is 7. The summed E-state index contributed by atoms with van der Waals surface area (Å²) in [6.07, 6.45) is 4.44. The Balaban J connectivity index is 1.87. The lowest BCUT2D eigenvalue weighted by Gasteiger charge is -1.98. The quantitative estimate of drug-likeness (QED) is 0.413. The van der Waals surface area contributed by atoms with Crippen molar-refractivity contribution in [1.82, 2.24) is 34.5 Å². The van der Waals surface area contributed by atoms with Gasteiger partial charge in [0.15, 0.2) is 17.5 Å². The molecule has 1 aliphatic heterocycles. The molecule has 0 saturated carbocycles. The maximum Gasteiger partial charge on any atom is 0.360 e. The third-order valence-corrected chi connectivity index (χ3v) is 3.46. The zero-order chi connectivity index (χ0) is 13.7. The molecule has 1 radical (unpaired) electrons. The Morgan fingerprint density at radius 1 is 1.00 bits per heavy atom. The van der Waals surface area contributed by atoms with Crippen molar-refractivity contribution < 1.29 is 0 Å². The van der Waals surface area contributed by atoms with Crippen LogP contribution in [-0.2, 0) is 0 Å². The molecule has 0 spiro atoms. The van der Waals surface area contributed by atoms with E-state index < -0.39 is 0 Å². The van der Waals surface area contributed by atoms with Gasteiger partial charge in [0, 0.05) is 0 Å². The van der Waals surface area contributed by atoms with Crippen LogP contribution in [0, 0.1) is 0 Å². The fourth-order valence-electron chi connectivity index (χ4n) is 1.90. The van der Waals surface area contributed by atoms with Crippen LogP contribution in [0.1, 0.15) is 0 Å². The van der Waals surface area contributed by atoms with Gasteiger partial charge in [-0.15, -0.1) is 30.2 Å². The van der Waals surface area contributed by atoms with Crippen molar-refractivity contribution in [2.24, 2.45) is 0 Å². The first-order valence-corrected chi connectivity index (χ1v) is 6.40. The molecule has 4 heterocycles. The van der Waals surface area contributed by atoms with Crippen LogP contribution in [-0.4, -0.2) is 35.4 Å². The van der Waals surface area contributed by atoms with Gasteiger partial charge in [0.1, 0.15) is 22.7 Å². The molecule has 0 bridgehead atoms. The van der Waals surface area contributed by atoms with Gasteiger partial charge in [0.25, 0.3) is 0 Å². The first-order chi connectivity index (χ1) is 9.74. The van der Waals surface area contributed by atoms with Gasteiger partial charge in [-0.1, -0.05) is 4.99 Å². The molecule has 3 aromatic rings. The predicted octanol–water partition coefficient (Wildman–Crippen LogP) is 0.491. The van der Waals surface area contributed by atoms with Crippen molar-refractivity contribution in [2.75, 3.05) is 5.32 Å². The number of anilines is 1. The zero-order valence-electron chi connectivity index (χ0n) is 9.76. The van der Waals surface area contributed by atoms with Gasteiger partial charge in [0.2, 0.25) is 5.65 Å². The highest BCUT2D eigenvalue weighted by atomic mass is 32.1. The average Bonchev–Trinajstić information content (AvgIpc) is 3.03. The zero-order valence-corrected chi connectivity index (χ0v) is 11.5. The molecule has 20 heavy (non-hydrogen) atoms. The number of nitrogens with one attached hydrogen (secondary N) is 1. The molecule has 0 fully saturated rings. The first-order valence-electron chi connectivity index (χ1n) is 5.51. The number of hydrogen-bond donors (Lipinski definition) is 3. The van der Waals surface area contributed by atoms with Crippen LogP contribution in [0.2, 0.25) is 0 Å². The van der Waals surface area contributed by atoms with Crippen molar-refractivity contribution in [2.45, 2.75) is 10.1 Å². The number of rotatable bonds is 0. The highest BCUT2D eigenvalue weighted by Crippen LogP contribution is 2.28. The van der Waals surface area contributed by atoms with Gasteiger partial charge in [-0.05, 0) is 0 Å². The molecule has 97 valence electrons. The lowest BCUT2D eigenvalue weighted by molar-refractivity contribution is 1.05. The molecule has 0 aliphatic carbocycles. The van der Waals surface area contributed by atoms with Crippen LogP contribution in [0.5, 0.6) is 0 Å². The van der Waals surface area contributed by atoms with Gasteiger partial charge in [0.05, 0.1) is 0 Å². The minimum atomic E-state index is 0.513. The second-order valence-electron chi connectivity index (χ2n) is 3.94. The molecule has 0 atom stereocenters. The number of aromatic nitrogens is 6. The van der Waals surface area contributed by atoms with Crippen LogP contribution in [0.4, 0.5) is 11.5 Å². The molecule has 0 amide bonds. The summed E-state index contributed by atoms with van der Waals surface area (Å²) in [5.41, 5.74) is 1.87. The molecule has 0 unspecified atom stereocenters. The highest BCUT2D eigenvalue weighted by Gasteiger charge is 2.29. The van der Waals surface area contributed by atoms with Crippen molar-refractivity contribution in [1.29, 1.82) is 0 Å². The summed E-state index contributed by atoms with van der Waals surface area (Å²) in [4.78, 5) is 24.9. The van der Waals surface area contributed by atoms with E-state index in [1.54, 1.807) is 10.9 Å². The number of hydrogen-bond acceptors (Lipinski definition) is 9. The summed E-state index contributed by atoms with van der Waals surface area (Å²) >= 11 is 8.52. The van der Waals surface area contributed by atoms with E-state index in [9.17, 15) is 0 Å². The molecular formula is C10H6N8S2+. The van der Waals surface area contributed by atoms with Crippen LogP contribution in [0.15, 0.2) is 29.0 Å². The van der Waals surface area contributed by atoms with Gasteiger partial charge in [-0.2, -0.15) is 4.57 Å². The van der Waals surface area contributed by atoms with Crippen molar-refractivity contribution >= 4 is 53.9 Å². The number of fused-ring (bicyclic) bond motifs is 2. The van der Waals surface area contributed by atoms with Crippen molar-refractivity contribution in [3.63, 3.8) is 0 Å². The second-order valence-corrected chi connectivity index (χ2v) is 4.79. The standard InChI is InChI=1S/C10H6N8S2/c19-8-4-6(11-1-13-8)17-10(16-4)18-3-15-5-7(18)12-2-14-9(5)20/h1-3,16H,(H,11,13,19)(H,12,14,20)/q+1. The molecule has 10 heteroatoms. The highest BCUT2D eigenvalue weighted by molar-refractivity contribution is 7.80. The van der Waals surface area contributed by atoms with Crippen LogP contribution < -0.4 is 10.3 Å². The molecule has 1 N–H and O–H groups in total. The van der Waals surface area contributed by atoms with Gasteiger partial charge in [-0.3, -0.25) is 5.32 Å². The molecule has 1 aliphatic rings. The van der Waals surface area contributed by atoms with Crippen LogP contribution in [0.25, 0.3) is 11.2 Å². The van der Waals surface area contributed by atoms with Crippen molar-refractivity contribution in [3.8, 4) is 0 Å². The monoisotopic (exact) mass is 302 g/mol. The average molecular weight is 302 g/mol. The third kappa shape index (κ3) is 1.58. The van der Waals surface area contributed by atoms with E-state index >= 15 is 0 Å². The minimum absolute atomic E-state index is 0.513. The number of aliphatic imine (C=N–C) groups is 1. The smallest absolute Gasteiger partial charge is 0.254 e. The molecule has 0 aromatic carbocycles. The van der Waals surface area contributed by atoms with E-state index in [2.05, 4.69) is 60.5 Å². The number of imidazole rings is 1. The Bertz CT molecular complexity index is 871. The predicted molar refractivity (Wildman–Crippen MR) is 77.7 cm³/mol. The van der Waals surface area contributed by atoms with Gasteiger partial charge in [-0.25, -0.2) is 19.9 Å². The Hall–Kier alpha value is -2.20. The minimum Gasteiger partial charge on any atom is -0.254 e. The molecule has 0 saturated heterocycles. The van der Waals surface area contributed by atoms with Crippen molar-refractivity contribution in [3.05, 3.63) is 19.0 Å². The Kier molecular flexibility index (Phi) is 2.41. The van der Waals surface area contributed by atoms with E-state index in [0.717, 1.165) is 0 Å². The van der Waals surface area contributed by atoms with E-state index in [-0.39, 0.29) is 0 Å². The molecule has 8 nitrogen and oxygen atoms in total. The maximum absolute atomic E-state index is 4.38. The molecular weight excluding hydrogens is 296 g/mol. The fourth-order valence-corrected chi connectivity index (χ4v) is 2.31. The summed E-state index contributed by atoms with van der Waals surface area (Å²) < 4.78 is 1.70. The summed E-state index contributed by atoms with van der Waals surface area (Å²) in [5, 5.41) is 4.15. The first kappa shape index (κ1) is 11.6. The Morgan fingerprint density at radius 3 is 2.65 bits per heavy atom. The number of thiol groups is 2. The lowest BCUT2D eigenvalue weighted by atomic mass is 10.5. The summed E-state index contributed by atoms with van der Waals surface area (Å²) in [6.45, 7) is 0. The normalized spacial score (nSPS) is 13.2. The topological polar surface area (TPSA) is 95.5 Å². The summed E-state index contributed by atoms with van der Waals surface area (Å²) in [7, 11) is 0. The fraction of sp³-hybridized carbons (Fsp3) is 0. The molecule has 4 rings (SSSR count). The third-order valence-electron chi connectivity index (χ3n) is 2.80. The van der Waals surface area contributed by atoms with Gasteiger partial charge < -0.3 is 0 Å². The maximum atomic E-state index is 4.38. The Morgan fingerprint density at radius 2 is 1.80 bits per heavy atom. The van der Waals surface area contributed by atoms with E-state index in [1.165, 1.54) is 12.7 Å². The lowest BCUT2D eigenvalue weighted by Crippen LogP contribution is -2.21. The summed E-state index contributed by atoms with van der Waals surface area (Å²) in [5.74, 6) is 1.06.